The molecule has 4 heteroatoms. The molecule has 0 unspecified atom stereocenters. The van der Waals surface area contributed by atoms with Crippen molar-refractivity contribution >= 4 is 5.78 Å². The minimum atomic E-state index is -0.326. The zero-order valence-electron chi connectivity index (χ0n) is 11.8. The van der Waals surface area contributed by atoms with Gasteiger partial charge < -0.3 is 10.1 Å². The number of carbonyl (C=O) groups is 1. The maximum absolute atomic E-state index is 13.5. The van der Waals surface area contributed by atoms with Crippen molar-refractivity contribution in [1.82, 2.24) is 5.32 Å². The summed E-state index contributed by atoms with van der Waals surface area (Å²) in [6.07, 6.45) is 1.50. The molecule has 0 bridgehead atoms. The third-order valence-electron chi connectivity index (χ3n) is 2.85. The van der Waals surface area contributed by atoms with E-state index in [2.05, 4.69) is 5.32 Å². The summed E-state index contributed by atoms with van der Waals surface area (Å²) in [6.45, 7) is 4.45. The number of Topliss-reactive ketones (excluding diaryl/α,β-unsaturated/α-hetero) is 1. The molecule has 0 aliphatic rings. The van der Waals surface area contributed by atoms with Crippen LogP contribution in [0.15, 0.2) is 18.2 Å². The van der Waals surface area contributed by atoms with Gasteiger partial charge in [-0.25, -0.2) is 4.39 Å². The summed E-state index contributed by atoms with van der Waals surface area (Å²) < 4.78 is 19.1. The van der Waals surface area contributed by atoms with E-state index >= 15 is 0 Å². The molecule has 0 aromatic heterocycles. The van der Waals surface area contributed by atoms with E-state index in [4.69, 9.17) is 4.74 Å². The molecular formula is C15H22FNO2. The van der Waals surface area contributed by atoms with Gasteiger partial charge in [-0.1, -0.05) is 6.92 Å². The average molecular weight is 267 g/mol. The van der Waals surface area contributed by atoms with Crippen LogP contribution in [0, 0.1) is 5.82 Å². The zero-order valence-corrected chi connectivity index (χ0v) is 11.8. The molecule has 106 valence electrons. The number of ether oxygens (including phenoxy) is 1. The van der Waals surface area contributed by atoms with E-state index in [0.29, 0.717) is 31.6 Å². The van der Waals surface area contributed by atoms with Crippen molar-refractivity contribution in [3.63, 3.8) is 0 Å². The fraction of sp³-hybridized carbons (Fsp3) is 0.533. The lowest BCUT2D eigenvalue weighted by molar-refractivity contribution is -0.118. The Kier molecular flexibility index (Phi) is 6.50. The van der Waals surface area contributed by atoms with Gasteiger partial charge in [-0.15, -0.1) is 0 Å². The first-order valence-corrected chi connectivity index (χ1v) is 6.67. The highest BCUT2D eigenvalue weighted by Crippen LogP contribution is 2.19. The Morgan fingerprint density at radius 1 is 1.42 bits per heavy atom. The van der Waals surface area contributed by atoms with Crippen molar-refractivity contribution in [3.05, 3.63) is 29.6 Å². The second-order valence-electron chi connectivity index (χ2n) is 4.67. The molecule has 0 saturated heterocycles. The van der Waals surface area contributed by atoms with Crippen molar-refractivity contribution < 1.29 is 13.9 Å². The van der Waals surface area contributed by atoms with Gasteiger partial charge in [0.1, 0.15) is 23.5 Å². The smallest absolute Gasteiger partial charge is 0.132 e. The number of aryl methyl sites for hydroxylation is 1. The Labute approximate surface area is 114 Å². The molecule has 0 heterocycles. The zero-order chi connectivity index (χ0) is 14.3. The number of rotatable bonds is 8. The third-order valence-corrected chi connectivity index (χ3v) is 2.85. The van der Waals surface area contributed by atoms with Crippen LogP contribution >= 0.6 is 0 Å². The first kappa shape index (κ1) is 15.6. The van der Waals surface area contributed by atoms with Crippen LogP contribution < -0.4 is 10.1 Å². The summed E-state index contributed by atoms with van der Waals surface area (Å²) in [5.41, 5.74) is 0.799. The highest BCUT2D eigenvalue weighted by atomic mass is 19.1. The van der Waals surface area contributed by atoms with E-state index < -0.39 is 0 Å². The molecule has 1 atom stereocenters. The van der Waals surface area contributed by atoms with Gasteiger partial charge in [0.25, 0.3) is 0 Å². The number of benzene rings is 1. The molecule has 0 aliphatic heterocycles. The number of nitrogens with one attached hydrogen (secondary N) is 1. The van der Waals surface area contributed by atoms with Crippen molar-refractivity contribution in [1.29, 1.82) is 0 Å². The molecular weight excluding hydrogens is 245 g/mol. The Morgan fingerprint density at radius 2 is 2.16 bits per heavy atom. The Morgan fingerprint density at radius 3 is 2.79 bits per heavy atom. The van der Waals surface area contributed by atoms with E-state index in [-0.39, 0.29) is 17.7 Å². The van der Waals surface area contributed by atoms with Crippen LogP contribution in [0.25, 0.3) is 0 Å². The fourth-order valence-electron chi connectivity index (χ4n) is 1.86. The summed E-state index contributed by atoms with van der Waals surface area (Å²) in [7, 11) is 1.84. The molecule has 0 aliphatic carbocycles. The summed E-state index contributed by atoms with van der Waals surface area (Å²) in [5, 5.41) is 3.00. The molecule has 1 rings (SSSR count). The average Bonchev–Trinajstić information content (AvgIpc) is 2.35. The minimum Gasteiger partial charge on any atom is -0.489 e. The maximum Gasteiger partial charge on any atom is 0.132 e. The topological polar surface area (TPSA) is 38.3 Å². The SMILES string of the molecule is CCC(=O)CCc1cc(F)cc(O[C@@H](C)CNC)c1. The van der Waals surface area contributed by atoms with Gasteiger partial charge in [0.15, 0.2) is 0 Å². The molecule has 0 fully saturated rings. The third kappa shape index (κ3) is 5.83. The number of halogens is 1. The van der Waals surface area contributed by atoms with E-state index in [1.807, 2.05) is 20.9 Å². The second-order valence-corrected chi connectivity index (χ2v) is 4.67. The lowest BCUT2D eigenvalue weighted by atomic mass is 10.1. The van der Waals surface area contributed by atoms with Crippen molar-refractivity contribution in [2.75, 3.05) is 13.6 Å². The maximum atomic E-state index is 13.5. The number of hydrogen-bond donors (Lipinski definition) is 1. The monoisotopic (exact) mass is 267 g/mol. The van der Waals surface area contributed by atoms with Crippen LogP contribution in [0.5, 0.6) is 5.75 Å². The standard InChI is InChI=1S/C15H22FNO2/c1-4-14(18)6-5-12-7-13(16)9-15(8-12)19-11(2)10-17-3/h7-9,11,17H,4-6,10H2,1-3H3/t11-/m0/s1. The van der Waals surface area contributed by atoms with E-state index in [0.717, 1.165) is 5.56 Å². The Hall–Kier alpha value is -1.42. The number of carbonyl (C=O) groups excluding carboxylic acids is 1. The molecule has 0 spiro atoms. The van der Waals surface area contributed by atoms with Crippen LogP contribution in [0.1, 0.15) is 32.3 Å². The highest BCUT2D eigenvalue weighted by molar-refractivity contribution is 5.78. The number of hydrogen-bond acceptors (Lipinski definition) is 3. The first-order chi connectivity index (χ1) is 9.05. The largest absolute Gasteiger partial charge is 0.489 e. The van der Waals surface area contributed by atoms with Gasteiger partial charge in [0.05, 0.1) is 0 Å². The van der Waals surface area contributed by atoms with Gasteiger partial charge in [-0.05, 0) is 38.1 Å². The summed E-state index contributed by atoms with van der Waals surface area (Å²) in [6, 6.07) is 4.63. The number of ketones is 1. The lowest BCUT2D eigenvalue weighted by Gasteiger charge is -2.15. The van der Waals surface area contributed by atoms with Crippen LogP contribution in [-0.4, -0.2) is 25.5 Å². The quantitative estimate of drug-likeness (QED) is 0.787. The molecule has 0 radical (unpaired) electrons. The molecule has 1 aromatic rings. The molecule has 0 amide bonds. The minimum absolute atomic E-state index is 0.0306. The van der Waals surface area contributed by atoms with Gasteiger partial charge in [0, 0.05) is 25.5 Å². The lowest BCUT2D eigenvalue weighted by Crippen LogP contribution is -2.26. The molecule has 0 saturated carbocycles. The van der Waals surface area contributed by atoms with E-state index in [9.17, 15) is 9.18 Å². The predicted octanol–water partition coefficient (Wildman–Crippen LogP) is 2.72. The van der Waals surface area contributed by atoms with Crippen LogP contribution in [0.4, 0.5) is 4.39 Å². The molecule has 19 heavy (non-hydrogen) atoms. The second kappa shape index (κ2) is 7.89. The van der Waals surface area contributed by atoms with Crippen LogP contribution in [0.2, 0.25) is 0 Å². The van der Waals surface area contributed by atoms with E-state index in [1.165, 1.54) is 12.1 Å². The molecule has 1 aromatic carbocycles. The Balaban J connectivity index is 2.68. The summed E-state index contributed by atoms with van der Waals surface area (Å²) in [4.78, 5) is 11.3. The number of likely N-dealkylation sites (N-methyl/N-ethyl adjacent to an activating group) is 1. The van der Waals surface area contributed by atoms with E-state index in [1.54, 1.807) is 6.07 Å². The Bertz CT molecular complexity index is 421. The normalized spacial score (nSPS) is 12.2. The molecule has 3 nitrogen and oxygen atoms in total. The predicted molar refractivity (Wildman–Crippen MR) is 74.0 cm³/mol. The summed E-state index contributed by atoms with van der Waals surface area (Å²) in [5.74, 6) is 0.380. The van der Waals surface area contributed by atoms with Gasteiger partial charge in [-0.3, -0.25) is 4.79 Å². The fourth-order valence-corrected chi connectivity index (χ4v) is 1.86. The van der Waals surface area contributed by atoms with Crippen LogP contribution in [0.3, 0.4) is 0 Å². The van der Waals surface area contributed by atoms with Gasteiger partial charge in [-0.2, -0.15) is 0 Å². The van der Waals surface area contributed by atoms with Gasteiger partial charge >= 0.3 is 0 Å². The van der Waals surface area contributed by atoms with Crippen molar-refractivity contribution in [2.45, 2.75) is 39.2 Å². The molecule has 1 N–H and O–H groups in total. The van der Waals surface area contributed by atoms with Crippen LogP contribution in [-0.2, 0) is 11.2 Å². The van der Waals surface area contributed by atoms with Crippen molar-refractivity contribution in [3.8, 4) is 5.75 Å². The first-order valence-electron chi connectivity index (χ1n) is 6.67. The van der Waals surface area contributed by atoms with Crippen molar-refractivity contribution in [2.24, 2.45) is 0 Å². The summed E-state index contributed by atoms with van der Waals surface area (Å²) >= 11 is 0. The highest BCUT2D eigenvalue weighted by Gasteiger charge is 2.07. The van der Waals surface area contributed by atoms with Gasteiger partial charge in [0.2, 0.25) is 0 Å².